The van der Waals surface area contributed by atoms with Crippen LogP contribution in [0.3, 0.4) is 0 Å². The van der Waals surface area contributed by atoms with Crippen LogP contribution < -0.4 is 15.8 Å². The third-order valence-corrected chi connectivity index (χ3v) is 2.45. The van der Waals surface area contributed by atoms with Gasteiger partial charge in [0, 0.05) is 12.1 Å². The van der Waals surface area contributed by atoms with E-state index in [0.717, 1.165) is 11.0 Å². The highest BCUT2D eigenvalue weighted by atomic mass is 79.9. The summed E-state index contributed by atoms with van der Waals surface area (Å²) in [5.74, 6) is 0.257. The number of amides is 1. The Morgan fingerprint density at radius 2 is 2.33 bits per heavy atom. The van der Waals surface area contributed by atoms with E-state index in [2.05, 4.69) is 21.2 Å². The third kappa shape index (κ3) is 3.53. The van der Waals surface area contributed by atoms with Crippen LogP contribution in [0, 0.1) is 0 Å². The van der Waals surface area contributed by atoms with Gasteiger partial charge in [-0.2, -0.15) is 0 Å². The number of nitrogens with one attached hydrogen (secondary N) is 1. The molecular weight excluding hydrogens is 260 g/mol. The highest BCUT2D eigenvalue weighted by Gasteiger charge is 2.05. The highest BCUT2D eigenvalue weighted by Crippen LogP contribution is 2.25. The number of rotatable bonds is 5. The summed E-state index contributed by atoms with van der Waals surface area (Å²) in [5, 5.41) is 2.97. The molecule has 0 aliphatic rings. The lowest BCUT2D eigenvalue weighted by Gasteiger charge is -2.08. The van der Waals surface area contributed by atoms with E-state index in [-0.39, 0.29) is 0 Å². The summed E-state index contributed by atoms with van der Waals surface area (Å²) < 4.78 is 6.18. The van der Waals surface area contributed by atoms with Crippen molar-refractivity contribution in [1.29, 1.82) is 0 Å². The molecule has 1 aromatic rings. The summed E-state index contributed by atoms with van der Waals surface area (Å²) >= 11 is 3.31. The fourth-order valence-electron chi connectivity index (χ4n) is 1.03. The molecule has 4 nitrogen and oxygen atoms in total. The topological polar surface area (TPSA) is 64.3 Å². The summed E-state index contributed by atoms with van der Waals surface area (Å²) in [5.41, 5.74) is 5.60. The summed E-state index contributed by atoms with van der Waals surface area (Å²) in [4.78, 5) is 10.9. The number of nitrogens with two attached hydrogens (primary N) is 1. The maximum absolute atomic E-state index is 10.9. The first kappa shape index (κ1) is 12.0. The number of halogens is 1. The van der Waals surface area contributed by atoms with Gasteiger partial charge in [-0.25, -0.2) is 0 Å². The number of benzene rings is 1. The van der Waals surface area contributed by atoms with Crippen LogP contribution in [0.4, 0.5) is 0 Å². The molecule has 1 aromatic carbocycles. The van der Waals surface area contributed by atoms with E-state index in [1.54, 1.807) is 18.2 Å². The minimum absolute atomic E-state index is 0.447. The molecule has 0 aliphatic carbocycles. The van der Waals surface area contributed by atoms with Gasteiger partial charge in [0.05, 0.1) is 4.47 Å². The van der Waals surface area contributed by atoms with Crippen molar-refractivity contribution in [3.63, 3.8) is 0 Å². The Labute approximate surface area is 96.9 Å². The summed E-state index contributed by atoms with van der Waals surface area (Å²) in [6.07, 6.45) is 0. The molecule has 0 radical (unpaired) electrons. The minimum atomic E-state index is -0.447. The average Bonchev–Trinajstić information content (AvgIpc) is 2.20. The number of carbonyl (C=O) groups excluding carboxylic acids is 1. The monoisotopic (exact) mass is 272 g/mol. The molecule has 15 heavy (non-hydrogen) atoms. The van der Waals surface area contributed by atoms with E-state index in [1.807, 2.05) is 7.05 Å². The van der Waals surface area contributed by atoms with Crippen molar-refractivity contribution in [2.75, 3.05) is 20.2 Å². The molecule has 0 unspecified atom stereocenters. The second kappa shape index (κ2) is 5.72. The smallest absolute Gasteiger partial charge is 0.248 e. The average molecular weight is 273 g/mol. The number of likely N-dealkylation sites (N-methyl/N-ethyl adjacent to an activating group) is 1. The highest BCUT2D eigenvalue weighted by molar-refractivity contribution is 9.10. The van der Waals surface area contributed by atoms with Crippen molar-refractivity contribution in [3.05, 3.63) is 28.2 Å². The third-order valence-electron chi connectivity index (χ3n) is 1.83. The van der Waals surface area contributed by atoms with Crippen LogP contribution in [0.25, 0.3) is 0 Å². The molecule has 1 amide bonds. The molecule has 0 saturated carbocycles. The van der Waals surface area contributed by atoms with E-state index in [9.17, 15) is 4.79 Å². The molecule has 0 saturated heterocycles. The van der Waals surface area contributed by atoms with Crippen LogP contribution in [-0.2, 0) is 0 Å². The molecule has 3 N–H and O–H groups in total. The quantitative estimate of drug-likeness (QED) is 0.791. The fraction of sp³-hybridized carbons (Fsp3) is 0.300. The molecule has 0 spiro atoms. The van der Waals surface area contributed by atoms with Crippen LogP contribution >= 0.6 is 15.9 Å². The van der Waals surface area contributed by atoms with Crippen LogP contribution in [0.15, 0.2) is 22.7 Å². The number of primary amides is 1. The van der Waals surface area contributed by atoms with Crippen molar-refractivity contribution in [3.8, 4) is 5.75 Å². The van der Waals surface area contributed by atoms with Gasteiger partial charge in [-0.15, -0.1) is 0 Å². The van der Waals surface area contributed by atoms with Gasteiger partial charge in [-0.05, 0) is 41.2 Å². The molecule has 82 valence electrons. The number of carbonyl (C=O) groups is 1. The number of hydrogen-bond acceptors (Lipinski definition) is 3. The van der Waals surface area contributed by atoms with E-state index in [1.165, 1.54) is 0 Å². The molecule has 5 heteroatoms. The van der Waals surface area contributed by atoms with Crippen LogP contribution in [0.2, 0.25) is 0 Å². The van der Waals surface area contributed by atoms with Gasteiger partial charge >= 0.3 is 0 Å². The van der Waals surface area contributed by atoms with Crippen molar-refractivity contribution >= 4 is 21.8 Å². The molecule has 0 heterocycles. The van der Waals surface area contributed by atoms with E-state index in [4.69, 9.17) is 10.5 Å². The van der Waals surface area contributed by atoms with E-state index >= 15 is 0 Å². The molecule has 0 fully saturated rings. The second-order valence-electron chi connectivity index (χ2n) is 2.96. The first-order chi connectivity index (χ1) is 7.15. The summed E-state index contributed by atoms with van der Waals surface area (Å²) in [6.45, 7) is 1.34. The molecule has 0 bridgehead atoms. The van der Waals surface area contributed by atoms with Gasteiger partial charge in [0.2, 0.25) is 5.91 Å². The van der Waals surface area contributed by atoms with Crippen LogP contribution in [-0.4, -0.2) is 26.1 Å². The SMILES string of the molecule is CNCCOc1ccc(C(N)=O)cc1Br. The molecule has 0 aromatic heterocycles. The van der Waals surface area contributed by atoms with Gasteiger partial charge in [0.25, 0.3) is 0 Å². The van der Waals surface area contributed by atoms with Gasteiger partial charge in [-0.1, -0.05) is 0 Å². The van der Waals surface area contributed by atoms with E-state index < -0.39 is 5.91 Å². The largest absolute Gasteiger partial charge is 0.491 e. The maximum atomic E-state index is 10.9. The lowest BCUT2D eigenvalue weighted by atomic mass is 10.2. The standard InChI is InChI=1S/C10H13BrN2O2/c1-13-4-5-15-9-3-2-7(10(12)14)6-8(9)11/h2-3,6,13H,4-5H2,1H3,(H2,12,14). The molecule has 1 rings (SSSR count). The van der Waals surface area contributed by atoms with Crippen molar-refractivity contribution in [2.24, 2.45) is 5.73 Å². The van der Waals surface area contributed by atoms with E-state index in [0.29, 0.717) is 17.9 Å². The van der Waals surface area contributed by atoms with Crippen LogP contribution in [0.5, 0.6) is 5.75 Å². The Morgan fingerprint density at radius 1 is 1.60 bits per heavy atom. The normalized spacial score (nSPS) is 10.0. The number of ether oxygens (including phenoxy) is 1. The van der Waals surface area contributed by atoms with Crippen LogP contribution in [0.1, 0.15) is 10.4 Å². The summed E-state index contributed by atoms with van der Waals surface area (Å²) in [7, 11) is 1.86. The Kier molecular flexibility index (Phi) is 4.58. The van der Waals surface area contributed by atoms with Gasteiger partial charge in [0.1, 0.15) is 12.4 Å². The fourth-order valence-corrected chi connectivity index (χ4v) is 1.53. The molecule has 0 atom stereocenters. The first-order valence-corrected chi connectivity index (χ1v) is 5.31. The van der Waals surface area contributed by atoms with Crippen molar-refractivity contribution < 1.29 is 9.53 Å². The lowest BCUT2D eigenvalue weighted by Crippen LogP contribution is -2.16. The first-order valence-electron chi connectivity index (χ1n) is 4.52. The zero-order valence-electron chi connectivity index (χ0n) is 8.42. The molecular formula is C10H13BrN2O2. The summed E-state index contributed by atoms with van der Waals surface area (Å²) in [6, 6.07) is 5.01. The predicted molar refractivity (Wildman–Crippen MR) is 62.1 cm³/mol. The number of hydrogen-bond donors (Lipinski definition) is 2. The van der Waals surface area contributed by atoms with Gasteiger partial charge in [-0.3, -0.25) is 4.79 Å². The minimum Gasteiger partial charge on any atom is -0.491 e. The Bertz CT molecular complexity index is 355. The second-order valence-corrected chi connectivity index (χ2v) is 3.82. The lowest BCUT2D eigenvalue weighted by molar-refractivity contribution is 0.1000. The van der Waals surface area contributed by atoms with Gasteiger partial charge < -0.3 is 15.8 Å². The van der Waals surface area contributed by atoms with Crippen molar-refractivity contribution in [2.45, 2.75) is 0 Å². The zero-order valence-corrected chi connectivity index (χ0v) is 10.0. The molecule has 0 aliphatic heterocycles. The van der Waals surface area contributed by atoms with Crippen molar-refractivity contribution in [1.82, 2.24) is 5.32 Å². The predicted octanol–water partition coefficient (Wildman–Crippen LogP) is 1.15. The Balaban J connectivity index is 2.70. The zero-order chi connectivity index (χ0) is 11.3. The van der Waals surface area contributed by atoms with Gasteiger partial charge in [0.15, 0.2) is 0 Å². The maximum Gasteiger partial charge on any atom is 0.248 e. The Morgan fingerprint density at radius 3 is 2.87 bits per heavy atom. The Hall–Kier alpha value is -1.07.